The fourth-order valence-electron chi connectivity index (χ4n) is 2.41. The zero-order valence-corrected chi connectivity index (χ0v) is 12.5. The van der Waals surface area contributed by atoms with Crippen molar-refractivity contribution in [3.05, 3.63) is 36.4 Å². The van der Waals surface area contributed by atoms with Crippen LogP contribution in [0.25, 0.3) is 11.3 Å². The van der Waals surface area contributed by atoms with Gasteiger partial charge < -0.3 is 10.0 Å². The summed E-state index contributed by atoms with van der Waals surface area (Å²) in [6.07, 6.45) is 0.501. The molecule has 0 radical (unpaired) electrons. The van der Waals surface area contributed by atoms with Gasteiger partial charge in [0.2, 0.25) is 0 Å². The van der Waals surface area contributed by atoms with E-state index in [2.05, 4.69) is 9.69 Å². The maximum Gasteiger partial charge on any atom is 0.322 e. The number of rotatable bonds is 3. The number of carboxylic acid groups (broad SMARTS) is 1. The van der Waals surface area contributed by atoms with E-state index in [4.69, 9.17) is 5.11 Å². The van der Waals surface area contributed by atoms with Crippen molar-refractivity contribution in [1.29, 1.82) is 0 Å². The smallest absolute Gasteiger partial charge is 0.322 e. The van der Waals surface area contributed by atoms with Gasteiger partial charge in [0.15, 0.2) is 0 Å². The Morgan fingerprint density at radius 3 is 2.77 bits per heavy atom. The molecule has 22 heavy (non-hydrogen) atoms. The third kappa shape index (κ3) is 3.09. The summed E-state index contributed by atoms with van der Waals surface area (Å²) < 4.78 is 4.32. The first-order chi connectivity index (χ1) is 10.6. The molecule has 1 aromatic carbocycles. The van der Waals surface area contributed by atoms with Gasteiger partial charge in [0.1, 0.15) is 5.00 Å². The van der Waals surface area contributed by atoms with Crippen molar-refractivity contribution in [2.75, 3.05) is 18.4 Å². The van der Waals surface area contributed by atoms with E-state index in [0.717, 1.165) is 11.3 Å². The zero-order valence-electron chi connectivity index (χ0n) is 11.7. The van der Waals surface area contributed by atoms with Crippen molar-refractivity contribution in [3.8, 4) is 11.3 Å². The Hall–Kier alpha value is -2.41. The number of carbonyl (C=O) groups excluding carboxylic acids is 1. The van der Waals surface area contributed by atoms with Gasteiger partial charge in [-0.1, -0.05) is 30.3 Å². The molecule has 0 spiro atoms. The first kappa shape index (κ1) is 14.5. The summed E-state index contributed by atoms with van der Waals surface area (Å²) in [4.78, 5) is 24.6. The second kappa shape index (κ2) is 6.15. The van der Waals surface area contributed by atoms with Crippen LogP contribution < -0.4 is 5.32 Å². The predicted octanol–water partition coefficient (Wildman–Crippen LogP) is 2.75. The van der Waals surface area contributed by atoms with Crippen molar-refractivity contribution in [2.45, 2.75) is 6.42 Å². The molecule has 2 heterocycles. The molecule has 0 aliphatic carbocycles. The number of benzene rings is 1. The van der Waals surface area contributed by atoms with E-state index in [1.807, 2.05) is 36.4 Å². The maximum absolute atomic E-state index is 12.1. The standard InChI is InChI=1S/C15H15N3O3S/c19-14(20)11-6-7-18(9-11)15(21)16-13-8-12(17-22-13)10-4-2-1-3-5-10/h1-5,8,11H,6-7,9H2,(H,16,21)(H,19,20). The minimum absolute atomic E-state index is 0.255. The molecule has 3 rings (SSSR count). The number of aliphatic carboxylic acids is 1. The molecule has 114 valence electrons. The highest BCUT2D eigenvalue weighted by molar-refractivity contribution is 7.10. The normalized spacial score (nSPS) is 17.5. The highest BCUT2D eigenvalue weighted by Gasteiger charge is 2.31. The summed E-state index contributed by atoms with van der Waals surface area (Å²) in [5, 5.41) is 12.4. The molecule has 7 heteroatoms. The van der Waals surface area contributed by atoms with Crippen molar-refractivity contribution in [1.82, 2.24) is 9.27 Å². The van der Waals surface area contributed by atoms with Gasteiger partial charge in [0.05, 0.1) is 11.6 Å². The van der Waals surface area contributed by atoms with Gasteiger partial charge in [0, 0.05) is 24.7 Å². The minimum atomic E-state index is -0.848. The van der Waals surface area contributed by atoms with E-state index in [-0.39, 0.29) is 12.6 Å². The molecule has 0 bridgehead atoms. The number of carboxylic acids is 1. The third-order valence-corrected chi connectivity index (χ3v) is 4.34. The molecule has 1 aliphatic heterocycles. The van der Waals surface area contributed by atoms with Crippen LogP contribution in [0, 0.1) is 5.92 Å². The number of nitrogens with one attached hydrogen (secondary N) is 1. The summed E-state index contributed by atoms with van der Waals surface area (Å²) in [6, 6.07) is 11.3. The lowest BCUT2D eigenvalue weighted by Crippen LogP contribution is -2.33. The first-order valence-electron chi connectivity index (χ1n) is 6.94. The van der Waals surface area contributed by atoms with Crippen LogP contribution in [-0.2, 0) is 4.79 Å². The summed E-state index contributed by atoms with van der Waals surface area (Å²) in [5.41, 5.74) is 1.80. The lowest BCUT2D eigenvalue weighted by atomic mass is 10.1. The zero-order chi connectivity index (χ0) is 15.5. The highest BCUT2D eigenvalue weighted by Crippen LogP contribution is 2.26. The third-order valence-electron chi connectivity index (χ3n) is 3.63. The number of aromatic nitrogens is 1. The Morgan fingerprint density at radius 1 is 1.32 bits per heavy atom. The van der Waals surface area contributed by atoms with Crippen LogP contribution in [0.3, 0.4) is 0 Å². The van der Waals surface area contributed by atoms with Crippen molar-refractivity contribution < 1.29 is 14.7 Å². The molecule has 2 aromatic rings. The van der Waals surface area contributed by atoms with E-state index in [1.54, 1.807) is 0 Å². The predicted molar refractivity (Wildman–Crippen MR) is 83.9 cm³/mol. The van der Waals surface area contributed by atoms with Gasteiger partial charge in [-0.2, -0.15) is 4.37 Å². The first-order valence-corrected chi connectivity index (χ1v) is 7.71. The van der Waals surface area contributed by atoms with E-state index in [1.165, 1.54) is 16.4 Å². The monoisotopic (exact) mass is 317 g/mol. The molecule has 1 unspecified atom stereocenters. The molecular weight excluding hydrogens is 302 g/mol. The molecule has 0 saturated carbocycles. The molecule has 2 amide bonds. The van der Waals surface area contributed by atoms with Gasteiger partial charge in [0.25, 0.3) is 0 Å². The van der Waals surface area contributed by atoms with Gasteiger partial charge >= 0.3 is 12.0 Å². The summed E-state index contributed by atoms with van der Waals surface area (Å²) >= 11 is 1.21. The number of urea groups is 1. The number of amides is 2. The van der Waals surface area contributed by atoms with Crippen LogP contribution in [0.15, 0.2) is 36.4 Å². The largest absolute Gasteiger partial charge is 0.481 e. The molecule has 1 aromatic heterocycles. The topological polar surface area (TPSA) is 82.5 Å². The Morgan fingerprint density at radius 2 is 2.09 bits per heavy atom. The average Bonchev–Trinajstić information content (AvgIpc) is 3.17. The average molecular weight is 317 g/mol. The van der Waals surface area contributed by atoms with Crippen LogP contribution in [-0.4, -0.2) is 39.5 Å². The second-order valence-electron chi connectivity index (χ2n) is 5.14. The van der Waals surface area contributed by atoms with E-state index < -0.39 is 11.9 Å². The quantitative estimate of drug-likeness (QED) is 0.912. The fourth-order valence-corrected chi connectivity index (χ4v) is 3.06. The molecule has 1 aliphatic rings. The van der Waals surface area contributed by atoms with Crippen LogP contribution in [0.1, 0.15) is 6.42 Å². The van der Waals surface area contributed by atoms with Crippen molar-refractivity contribution in [2.24, 2.45) is 5.92 Å². The van der Waals surface area contributed by atoms with Crippen LogP contribution in [0.2, 0.25) is 0 Å². The Balaban J connectivity index is 1.63. The number of carbonyl (C=O) groups is 2. The van der Waals surface area contributed by atoms with Crippen LogP contribution in [0.5, 0.6) is 0 Å². The number of nitrogens with zero attached hydrogens (tertiary/aromatic N) is 2. The minimum Gasteiger partial charge on any atom is -0.481 e. The van der Waals surface area contributed by atoms with Crippen LogP contribution >= 0.6 is 11.5 Å². The van der Waals surface area contributed by atoms with Crippen molar-refractivity contribution >= 4 is 28.5 Å². The molecular formula is C15H15N3O3S. The molecule has 1 saturated heterocycles. The Labute approximate surface area is 131 Å². The summed E-state index contributed by atoms with van der Waals surface area (Å²) in [7, 11) is 0. The maximum atomic E-state index is 12.1. The molecule has 1 atom stereocenters. The van der Waals surface area contributed by atoms with E-state index >= 15 is 0 Å². The van der Waals surface area contributed by atoms with E-state index in [0.29, 0.717) is 18.0 Å². The number of hydrogen-bond donors (Lipinski definition) is 2. The van der Waals surface area contributed by atoms with Crippen LogP contribution in [0.4, 0.5) is 9.80 Å². The lowest BCUT2D eigenvalue weighted by molar-refractivity contribution is -0.141. The lowest BCUT2D eigenvalue weighted by Gasteiger charge is -2.15. The number of anilines is 1. The SMILES string of the molecule is O=C(O)C1CCN(C(=O)Nc2cc(-c3ccccc3)ns2)C1. The van der Waals surface area contributed by atoms with E-state index in [9.17, 15) is 9.59 Å². The second-order valence-corrected chi connectivity index (χ2v) is 5.95. The van der Waals surface area contributed by atoms with Gasteiger partial charge in [-0.05, 0) is 18.0 Å². The van der Waals surface area contributed by atoms with Gasteiger partial charge in [-0.25, -0.2) is 4.79 Å². The number of likely N-dealkylation sites (tertiary alicyclic amines) is 1. The molecule has 6 nitrogen and oxygen atoms in total. The Bertz CT molecular complexity index is 686. The molecule has 2 N–H and O–H groups in total. The van der Waals surface area contributed by atoms with Crippen molar-refractivity contribution in [3.63, 3.8) is 0 Å². The fraction of sp³-hybridized carbons (Fsp3) is 0.267. The summed E-state index contributed by atoms with van der Waals surface area (Å²) in [5.74, 6) is -1.31. The highest BCUT2D eigenvalue weighted by atomic mass is 32.1. The Kier molecular flexibility index (Phi) is 4.06. The molecule has 1 fully saturated rings. The van der Waals surface area contributed by atoms with Gasteiger partial charge in [-0.3, -0.25) is 10.1 Å². The van der Waals surface area contributed by atoms with Gasteiger partial charge in [-0.15, -0.1) is 0 Å². The number of hydrogen-bond acceptors (Lipinski definition) is 4. The summed E-state index contributed by atoms with van der Waals surface area (Å²) in [6.45, 7) is 0.721.